The molecule has 0 saturated carbocycles. The zero-order valence-electron chi connectivity index (χ0n) is 11.3. The van der Waals surface area contributed by atoms with Crippen LogP contribution in [0.25, 0.3) is 0 Å². The minimum Gasteiger partial charge on any atom is -0.369 e. The normalized spacial score (nSPS) is 11.7. The average Bonchev–Trinajstić information content (AvgIpc) is 2.34. The van der Waals surface area contributed by atoms with Gasteiger partial charge in [0, 0.05) is 23.8 Å². The number of anilines is 1. The van der Waals surface area contributed by atoms with Gasteiger partial charge in [-0.1, -0.05) is 6.92 Å². The van der Waals surface area contributed by atoms with Gasteiger partial charge in [-0.05, 0) is 38.5 Å². The smallest absolute Gasteiger partial charge is 0.369 e. The first-order valence-corrected chi connectivity index (χ1v) is 6.24. The lowest BCUT2D eigenvalue weighted by Crippen LogP contribution is -2.33. The van der Waals surface area contributed by atoms with Crippen LogP contribution in [0.2, 0.25) is 0 Å². The highest BCUT2D eigenvalue weighted by atomic mass is 19.4. The summed E-state index contributed by atoms with van der Waals surface area (Å²) in [7, 11) is 0. The highest BCUT2D eigenvalue weighted by Gasteiger charge is 2.35. The van der Waals surface area contributed by atoms with Crippen LogP contribution >= 0.6 is 0 Å². The van der Waals surface area contributed by atoms with Crippen molar-refractivity contribution >= 4 is 12.0 Å². The number of rotatable bonds is 5. The molecular formula is C14H18F3NO. The largest absolute Gasteiger partial charge is 0.418 e. The lowest BCUT2D eigenvalue weighted by Gasteiger charge is -2.31. The zero-order chi connectivity index (χ0) is 14.6. The van der Waals surface area contributed by atoms with Crippen LogP contribution in [0.3, 0.4) is 0 Å². The third-order valence-electron chi connectivity index (χ3n) is 2.86. The first-order valence-electron chi connectivity index (χ1n) is 6.24. The number of halogens is 3. The number of hydrogen-bond donors (Lipinski definition) is 0. The van der Waals surface area contributed by atoms with Crippen molar-refractivity contribution in [2.45, 2.75) is 39.4 Å². The molecule has 0 fully saturated rings. The summed E-state index contributed by atoms with van der Waals surface area (Å²) in [6.07, 6.45) is -3.28. The molecule has 1 rings (SSSR count). The van der Waals surface area contributed by atoms with Gasteiger partial charge >= 0.3 is 6.18 Å². The molecule has 106 valence electrons. The fourth-order valence-electron chi connectivity index (χ4n) is 2.00. The molecule has 0 aliphatic heterocycles. The van der Waals surface area contributed by atoms with Crippen LogP contribution in [0.5, 0.6) is 0 Å². The maximum atomic E-state index is 13.1. The van der Waals surface area contributed by atoms with E-state index in [9.17, 15) is 18.0 Å². The maximum Gasteiger partial charge on any atom is 0.418 e. The molecule has 0 unspecified atom stereocenters. The monoisotopic (exact) mass is 273 g/mol. The summed E-state index contributed by atoms with van der Waals surface area (Å²) in [5, 5.41) is 0. The van der Waals surface area contributed by atoms with Gasteiger partial charge in [-0.25, -0.2) is 0 Å². The number of alkyl halides is 3. The molecule has 2 nitrogen and oxygen atoms in total. The van der Waals surface area contributed by atoms with Gasteiger partial charge in [0.2, 0.25) is 0 Å². The lowest BCUT2D eigenvalue weighted by molar-refractivity contribution is -0.137. The molecular weight excluding hydrogens is 255 g/mol. The molecule has 0 amide bonds. The van der Waals surface area contributed by atoms with E-state index in [2.05, 4.69) is 0 Å². The SMILES string of the molecule is CCCN(c1ccc(C=O)cc1C(F)(F)F)C(C)C. The molecule has 1 aromatic carbocycles. The highest BCUT2D eigenvalue weighted by Crippen LogP contribution is 2.37. The number of carbonyl (C=O) groups excluding carboxylic acids is 1. The standard InChI is InChI=1S/C14H18F3NO/c1-4-7-18(10(2)3)13-6-5-11(9-19)8-12(13)14(15,16)17/h5-6,8-10H,4,7H2,1-3H3. The molecule has 0 aliphatic rings. The van der Waals surface area contributed by atoms with Gasteiger partial charge in [0.05, 0.1) is 5.56 Å². The van der Waals surface area contributed by atoms with Gasteiger partial charge in [-0.2, -0.15) is 13.2 Å². The number of carbonyl (C=O) groups is 1. The van der Waals surface area contributed by atoms with E-state index in [4.69, 9.17) is 0 Å². The van der Waals surface area contributed by atoms with Crippen molar-refractivity contribution < 1.29 is 18.0 Å². The van der Waals surface area contributed by atoms with E-state index in [0.717, 1.165) is 12.5 Å². The molecule has 0 atom stereocenters. The van der Waals surface area contributed by atoms with E-state index in [1.54, 1.807) is 4.90 Å². The number of nitrogens with zero attached hydrogens (tertiary/aromatic N) is 1. The molecule has 19 heavy (non-hydrogen) atoms. The Labute approximate surface area is 111 Å². The maximum absolute atomic E-state index is 13.1. The summed E-state index contributed by atoms with van der Waals surface area (Å²) in [6, 6.07) is 3.67. The van der Waals surface area contributed by atoms with Crippen molar-refractivity contribution in [3.05, 3.63) is 29.3 Å². The topological polar surface area (TPSA) is 20.3 Å². The second kappa shape index (κ2) is 6.08. The van der Waals surface area contributed by atoms with Crippen molar-refractivity contribution in [2.24, 2.45) is 0 Å². The van der Waals surface area contributed by atoms with Crippen LogP contribution in [-0.2, 0) is 6.18 Å². The first-order chi connectivity index (χ1) is 8.81. The van der Waals surface area contributed by atoms with E-state index in [-0.39, 0.29) is 17.3 Å². The Morgan fingerprint density at radius 1 is 1.32 bits per heavy atom. The summed E-state index contributed by atoms with van der Waals surface area (Å²) < 4.78 is 39.3. The highest BCUT2D eigenvalue weighted by molar-refractivity contribution is 5.77. The summed E-state index contributed by atoms with van der Waals surface area (Å²) in [5.74, 6) is 0. The number of hydrogen-bond acceptors (Lipinski definition) is 2. The second-order valence-corrected chi connectivity index (χ2v) is 4.68. The predicted molar refractivity (Wildman–Crippen MR) is 69.6 cm³/mol. The molecule has 0 aliphatic carbocycles. The second-order valence-electron chi connectivity index (χ2n) is 4.68. The summed E-state index contributed by atoms with van der Waals surface area (Å²) >= 11 is 0. The third kappa shape index (κ3) is 3.72. The molecule has 0 N–H and O–H groups in total. The molecule has 1 aromatic rings. The summed E-state index contributed by atoms with van der Waals surface area (Å²) in [5.41, 5.74) is -0.578. The van der Waals surface area contributed by atoms with Crippen LogP contribution in [0.15, 0.2) is 18.2 Å². The third-order valence-corrected chi connectivity index (χ3v) is 2.86. The number of benzene rings is 1. The quantitative estimate of drug-likeness (QED) is 0.751. The van der Waals surface area contributed by atoms with Gasteiger partial charge in [-0.15, -0.1) is 0 Å². The first kappa shape index (κ1) is 15.5. The zero-order valence-corrected chi connectivity index (χ0v) is 11.3. The van der Waals surface area contributed by atoms with Gasteiger partial charge in [-0.3, -0.25) is 4.79 Å². The van der Waals surface area contributed by atoms with Crippen LogP contribution in [0.4, 0.5) is 18.9 Å². The molecule has 0 aromatic heterocycles. The van der Waals surface area contributed by atoms with E-state index in [0.29, 0.717) is 12.8 Å². The Balaban J connectivity index is 3.36. The summed E-state index contributed by atoms with van der Waals surface area (Å²) in [6.45, 7) is 6.16. The van der Waals surface area contributed by atoms with E-state index in [1.807, 2.05) is 20.8 Å². The van der Waals surface area contributed by atoms with E-state index in [1.165, 1.54) is 12.1 Å². The molecule has 0 spiro atoms. The number of aldehydes is 1. The van der Waals surface area contributed by atoms with Crippen molar-refractivity contribution in [1.82, 2.24) is 0 Å². The van der Waals surface area contributed by atoms with Gasteiger partial charge in [0.1, 0.15) is 6.29 Å². The van der Waals surface area contributed by atoms with Crippen LogP contribution < -0.4 is 4.90 Å². The van der Waals surface area contributed by atoms with Gasteiger partial charge < -0.3 is 4.90 Å². The Morgan fingerprint density at radius 2 is 1.95 bits per heavy atom. The molecule has 0 bridgehead atoms. The molecule has 0 heterocycles. The van der Waals surface area contributed by atoms with Gasteiger partial charge in [0.25, 0.3) is 0 Å². The Bertz CT molecular complexity index is 441. The fraction of sp³-hybridized carbons (Fsp3) is 0.500. The van der Waals surface area contributed by atoms with Crippen LogP contribution in [0.1, 0.15) is 43.1 Å². The minimum absolute atomic E-state index is 0.0382. The van der Waals surface area contributed by atoms with Crippen LogP contribution in [0, 0.1) is 0 Å². The van der Waals surface area contributed by atoms with Crippen molar-refractivity contribution in [1.29, 1.82) is 0 Å². The molecule has 5 heteroatoms. The van der Waals surface area contributed by atoms with Crippen LogP contribution in [-0.4, -0.2) is 18.9 Å². The minimum atomic E-state index is -4.46. The molecule has 0 radical (unpaired) electrons. The Morgan fingerprint density at radius 3 is 2.37 bits per heavy atom. The van der Waals surface area contributed by atoms with Crippen molar-refractivity contribution in [3.8, 4) is 0 Å². The predicted octanol–water partition coefficient (Wildman–Crippen LogP) is 4.14. The Kier molecular flexibility index (Phi) is 4.97. The van der Waals surface area contributed by atoms with E-state index >= 15 is 0 Å². The van der Waals surface area contributed by atoms with E-state index < -0.39 is 11.7 Å². The average molecular weight is 273 g/mol. The fourth-order valence-corrected chi connectivity index (χ4v) is 2.00. The summed E-state index contributed by atoms with van der Waals surface area (Å²) in [4.78, 5) is 12.4. The Hall–Kier alpha value is -1.52. The van der Waals surface area contributed by atoms with Crippen molar-refractivity contribution in [3.63, 3.8) is 0 Å². The van der Waals surface area contributed by atoms with Gasteiger partial charge in [0.15, 0.2) is 0 Å². The molecule has 0 saturated heterocycles. The lowest BCUT2D eigenvalue weighted by atomic mass is 10.1. The van der Waals surface area contributed by atoms with Crippen molar-refractivity contribution in [2.75, 3.05) is 11.4 Å².